The van der Waals surface area contributed by atoms with Crippen LogP contribution in [-0.4, -0.2) is 110 Å². The van der Waals surface area contributed by atoms with Gasteiger partial charge in [-0.15, -0.1) is 0 Å². The van der Waals surface area contributed by atoms with Crippen molar-refractivity contribution in [2.75, 3.05) is 13.2 Å². The van der Waals surface area contributed by atoms with Crippen LogP contribution in [0.4, 0.5) is 0 Å². The molecule has 0 aromatic heterocycles. The number of hydrogen-bond donors (Lipinski definition) is 8. The van der Waals surface area contributed by atoms with Crippen molar-refractivity contribution >= 4 is 5.91 Å². The van der Waals surface area contributed by atoms with Crippen LogP contribution in [0.1, 0.15) is 425 Å². The minimum Gasteiger partial charge on any atom is -0.394 e. The van der Waals surface area contributed by atoms with Crippen LogP contribution in [0.2, 0.25) is 0 Å². The predicted molar refractivity (Wildman–Crippen MR) is 413 cm³/mol. The largest absolute Gasteiger partial charge is 0.394 e. The number of carbonyl (C=O) groups excluding carboxylic acids is 1. The molecule has 8 N–H and O–H groups in total. The molecule has 9 unspecified atom stereocenters. The van der Waals surface area contributed by atoms with Crippen LogP contribution in [0.5, 0.6) is 0 Å². The molecule has 1 aliphatic rings. The SMILES string of the molecule is CCCCCCCCCCCCCCCCC/C=C\C/C=C\CCCCCCCCCCCCCCCCCCC(O)C(=O)NC(COC1OC(CO)C(O)C(O)C1O)C(O)C(O)CCC/C=C/CC/C=C/CCCCCCCCCCCCCCCCCCCCCCCCC. The van der Waals surface area contributed by atoms with E-state index in [2.05, 4.69) is 67.8 Å². The van der Waals surface area contributed by atoms with Gasteiger partial charge >= 0.3 is 0 Å². The fourth-order valence-electron chi connectivity index (χ4n) is 13.8. The highest BCUT2D eigenvalue weighted by Gasteiger charge is 2.44. The number of allylic oxidation sites excluding steroid dienone is 8. The summed E-state index contributed by atoms with van der Waals surface area (Å²) in [5, 5.41) is 76.8. The van der Waals surface area contributed by atoms with Crippen molar-refractivity contribution in [2.24, 2.45) is 0 Å². The van der Waals surface area contributed by atoms with Crippen molar-refractivity contribution in [3.63, 3.8) is 0 Å². The Morgan fingerprint density at radius 2 is 0.649 bits per heavy atom. The maximum Gasteiger partial charge on any atom is 0.249 e. The third-order valence-corrected chi connectivity index (χ3v) is 20.6. The lowest BCUT2D eigenvalue weighted by Crippen LogP contribution is -2.60. The van der Waals surface area contributed by atoms with Gasteiger partial charge in [0, 0.05) is 0 Å². The Kier molecular flexibility index (Phi) is 70.8. The molecule has 572 valence electrons. The van der Waals surface area contributed by atoms with Gasteiger partial charge in [-0.3, -0.25) is 4.79 Å². The lowest BCUT2D eigenvalue weighted by Gasteiger charge is -2.40. The second kappa shape index (κ2) is 73.8. The number of aliphatic hydroxyl groups is 7. The van der Waals surface area contributed by atoms with Gasteiger partial charge in [-0.1, -0.05) is 390 Å². The zero-order valence-corrected chi connectivity index (χ0v) is 63.8. The highest BCUT2D eigenvalue weighted by Crippen LogP contribution is 2.24. The molecule has 0 saturated carbocycles. The van der Waals surface area contributed by atoms with E-state index in [1.54, 1.807) is 0 Å². The quantitative estimate of drug-likeness (QED) is 0.0215. The number of unbranched alkanes of at least 4 members (excludes halogenated alkanes) is 56. The second-order valence-corrected chi connectivity index (χ2v) is 29.9. The summed E-state index contributed by atoms with van der Waals surface area (Å²) >= 11 is 0. The van der Waals surface area contributed by atoms with Crippen LogP contribution < -0.4 is 5.32 Å². The molecule has 1 saturated heterocycles. The standard InChI is InChI=1S/C86H163NO10/c1-3-5-7-9-11-13-15-17-19-21-23-25-27-29-31-33-35-37-38-39-40-41-42-44-46-48-50-52-54-56-58-60-62-64-66-68-70-72-74-79(90)85(95)87-77(76-96-86-84(94)83(93)82(92)80(75-88)97-86)81(91)78(89)73-71-69-67-65-63-61-59-57-55-53-51-49-47-45-43-36-34-32-30-28-26-24-22-20-18-16-14-12-10-8-6-4-2/h35,37,39-40,57,59,65,67,77-84,86,88-94H,3-34,36,38,41-56,58,60-64,66,68-76H2,1-2H3,(H,87,95)/b37-35-,40-39-,59-57+,67-65+. The lowest BCUT2D eigenvalue weighted by atomic mass is 9.98. The van der Waals surface area contributed by atoms with E-state index in [-0.39, 0.29) is 12.8 Å². The number of aliphatic hydroxyl groups excluding tert-OH is 7. The van der Waals surface area contributed by atoms with Gasteiger partial charge in [-0.2, -0.15) is 0 Å². The molecular weight excluding hydrogens is 1210 g/mol. The summed E-state index contributed by atoms with van der Waals surface area (Å²) in [6.45, 7) is 3.51. The van der Waals surface area contributed by atoms with Gasteiger partial charge in [-0.05, 0) is 83.5 Å². The molecule has 0 bridgehead atoms. The molecule has 1 heterocycles. The van der Waals surface area contributed by atoms with Crippen LogP contribution >= 0.6 is 0 Å². The van der Waals surface area contributed by atoms with E-state index in [1.165, 1.54) is 334 Å². The first-order chi connectivity index (χ1) is 47.7. The topological polar surface area (TPSA) is 189 Å². The molecule has 11 heteroatoms. The zero-order chi connectivity index (χ0) is 70.2. The van der Waals surface area contributed by atoms with Gasteiger partial charge in [0.1, 0.15) is 36.6 Å². The van der Waals surface area contributed by atoms with E-state index in [9.17, 15) is 40.5 Å². The van der Waals surface area contributed by atoms with E-state index in [1.807, 2.05) is 0 Å². The summed E-state index contributed by atoms with van der Waals surface area (Å²) in [4.78, 5) is 13.3. The van der Waals surface area contributed by atoms with E-state index >= 15 is 0 Å². The molecule has 97 heavy (non-hydrogen) atoms. The highest BCUT2D eigenvalue weighted by molar-refractivity contribution is 5.80. The summed E-state index contributed by atoms with van der Waals surface area (Å²) in [6, 6.07) is -1.20. The third-order valence-electron chi connectivity index (χ3n) is 20.6. The van der Waals surface area contributed by atoms with Gasteiger partial charge in [0.15, 0.2) is 6.29 Å². The number of hydrogen-bond acceptors (Lipinski definition) is 10. The molecule has 11 nitrogen and oxygen atoms in total. The Balaban J connectivity index is 2.13. The van der Waals surface area contributed by atoms with E-state index in [0.29, 0.717) is 19.3 Å². The number of amides is 1. The summed E-state index contributed by atoms with van der Waals surface area (Å²) < 4.78 is 11.2. The minimum absolute atomic E-state index is 0.247. The number of nitrogens with one attached hydrogen (secondary N) is 1. The molecule has 1 aliphatic heterocycles. The Morgan fingerprint density at radius 3 is 0.979 bits per heavy atom. The van der Waals surface area contributed by atoms with Crippen molar-refractivity contribution in [3.8, 4) is 0 Å². The van der Waals surface area contributed by atoms with Crippen LogP contribution in [-0.2, 0) is 14.3 Å². The molecule has 9 atom stereocenters. The van der Waals surface area contributed by atoms with Crippen LogP contribution in [0.15, 0.2) is 48.6 Å². The first-order valence-corrected chi connectivity index (χ1v) is 42.5. The summed E-state index contributed by atoms with van der Waals surface area (Å²) in [6.07, 6.45) is 88.3. The van der Waals surface area contributed by atoms with Crippen molar-refractivity contribution < 1.29 is 50.0 Å². The molecule has 0 aliphatic carbocycles. The predicted octanol–water partition coefficient (Wildman–Crippen LogP) is 22.6. The molecular formula is C86H163NO10. The summed E-state index contributed by atoms with van der Waals surface area (Å²) in [7, 11) is 0. The zero-order valence-electron chi connectivity index (χ0n) is 63.8. The smallest absolute Gasteiger partial charge is 0.249 e. The lowest BCUT2D eigenvalue weighted by molar-refractivity contribution is -0.303. The first-order valence-electron chi connectivity index (χ1n) is 42.5. The van der Waals surface area contributed by atoms with E-state index < -0.39 is 74.2 Å². The number of ether oxygens (including phenoxy) is 2. The average Bonchev–Trinajstić information content (AvgIpc) is 0.827. The maximum absolute atomic E-state index is 13.3. The molecule has 0 spiro atoms. The summed E-state index contributed by atoms with van der Waals surface area (Å²) in [5.41, 5.74) is 0. The average molecular weight is 1370 g/mol. The van der Waals surface area contributed by atoms with Crippen LogP contribution in [0, 0.1) is 0 Å². The second-order valence-electron chi connectivity index (χ2n) is 29.9. The van der Waals surface area contributed by atoms with Gasteiger partial charge in [-0.25, -0.2) is 0 Å². The summed E-state index contributed by atoms with van der Waals surface area (Å²) in [5.74, 6) is -0.704. The molecule has 1 rings (SSSR count). The molecule has 0 radical (unpaired) electrons. The Labute approximate surface area is 599 Å². The molecule has 1 fully saturated rings. The minimum atomic E-state index is -1.67. The van der Waals surface area contributed by atoms with Crippen molar-refractivity contribution in [1.82, 2.24) is 5.32 Å². The van der Waals surface area contributed by atoms with Gasteiger partial charge in [0.2, 0.25) is 5.91 Å². The van der Waals surface area contributed by atoms with Gasteiger partial charge in [0.25, 0.3) is 0 Å². The maximum atomic E-state index is 13.3. The number of carbonyl (C=O) groups is 1. The Bertz CT molecular complexity index is 1720. The fourth-order valence-corrected chi connectivity index (χ4v) is 13.8. The van der Waals surface area contributed by atoms with Crippen molar-refractivity contribution in [3.05, 3.63) is 48.6 Å². The van der Waals surface area contributed by atoms with Crippen LogP contribution in [0.3, 0.4) is 0 Å². The number of rotatable bonds is 76. The Hall–Kier alpha value is -1.93. The van der Waals surface area contributed by atoms with E-state index in [4.69, 9.17) is 9.47 Å². The monoisotopic (exact) mass is 1370 g/mol. The Morgan fingerprint density at radius 1 is 0.361 bits per heavy atom. The normalized spacial score (nSPS) is 18.2. The van der Waals surface area contributed by atoms with Crippen LogP contribution in [0.25, 0.3) is 0 Å². The molecule has 1 amide bonds. The van der Waals surface area contributed by atoms with Crippen molar-refractivity contribution in [1.29, 1.82) is 0 Å². The van der Waals surface area contributed by atoms with Gasteiger partial charge in [0.05, 0.1) is 25.4 Å². The van der Waals surface area contributed by atoms with Gasteiger partial charge < -0.3 is 50.5 Å². The van der Waals surface area contributed by atoms with Crippen molar-refractivity contribution in [2.45, 2.75) is 480 Å². The first kappa shape index (κ1) is 93.1. The molecule has 0 aromatic carbocycles. The fraction of sp³-hybridized carbons (Fsp3) is 0.895. The van der Waals surface area contributed by atoms with E-state index in [0.717, 1.165) is 44.9 Å². The molecule has 0 aromatic rings. The third kappa shape index (κ3) is 60.2. The highest BCUT2D eigenvalue weighted by atomic mass is 16.7.